The summed E-state index contributed by atoms with van der Waals surface area (Å²) in [5.41, 5.74) is 1.32. The number of carbonyl (C=O) groups excluding carboxylic acids is 1. The van der Waals surface area contributed by atoms with Crippen LogP contribution in [0.3, 0.4) is 0 Å². The molecule has 0 atom stereocenters. The second-order valence-corrected chi connectivity index (χ2v) is 2.80. The largest absolute Gasteiger partial charge is 0.481 e. The molecule has 0 heterocycles. The van der Waals surface area contributed by atoms with Crippen molar-refractivity contribution in [3.05, 3.63) is 35.9 Å². The van der Waals surface area contributed by atoms with Gasteiger partial charge < -0.3 is 27.0 Å². The van der Waals surface area contributed by atoms with Crippen molar-refractivity contribution < 1.29 is 25.6 Å². The molecule has 0 unspecified atom stereocenters. The maximum Gasteiger partial charge on any atom is 0.303 e. The molecule has 108 valence electrons. The van der Waals surface area contributed by atoms with Gasteiger partial charge in [0.15, 0.2) is 0 Å². The van der Waals surface area contributed by atoms with E-state index in [9.17, 15) is 4.79 Å². The van der Waals surface area contributed by atoms with Gasteiger partial charge >= 0.3 is 5.97 Å². The number of carboxylic acids is 1. The molecule has 1 aromatic carbocycles. The third kappa shape index (κ3) is 29.2. The number of carbonyl (C=O) groups is 2. The van der Waals surface area contributed by atoms with Crippen LogP contribution in [0.1, 0.15) is 25.3 Å². The molecule has 0 bridgehead atoms. The molecule has 0 amide bonds. The van der Waals surface area contributed by atoms with E-state index in [0.29, 0.717) is 6.42 Å². The second kappa shape index (κ2) is 24.5. The van der Waals surface area contributed by atoms with Gasteiger partial charge in [0.25, 0.3) is 0 Å². The van der Waals surface area contributed by atoms with E-state index in [1.807, 2.05) is 31.9 Å². The Bertz CT molecular complexity index is 254. The van der Waals surface area contributed by atoms with Gasteiger partial charge in [-0.2, -0.15) is 0 Å². The van der Waals surface area contributed by atoms with Gasteiger partial charge in [-0.25, -0.2) is 0 Å². The first-order valence-corrected chi connectivity index (χ1v) is 4.69. The van der Waals surface area contributed by atoms with Crippen LogP contribution < -0.4 is 6.15 Å². The van der Waals surface area contributed by atoms with E-state index in [-0.39, 0.29) is 17.1 Å². The molecule has 0 aliphatic carbocycles. The number of aliphatic carboxylic acids is 1. The molecule has 8 N–H and O–H groups in total. The minimum Gasteiger partial charge on any atom is -0.481 e. The summed E-state index contributed by atoms with van der Waals surface area (Å²) in [4.78, 5) is 17.6. The molecule has 0 aliphatic heterocycles. The van der Waals surface area contributed by atoms with Crippen molar-refractivity contribution in [3.8, 4) is 0 Å². The lowest BCUT2D eigenvalue weighted by molar-refractivity contribution is -0.137. The summed E-state index contributed by atoms with van der Waals surface area (Å²) in [5, 5.41) is 7.91. The van der Waals surface area contributed by atoms with Crippen molar-refractivity contribution in [1.82, 2.24) is 6.15 Å². The van der Waals surface area contributed by atoms with Gasteiger partial charge in [0.2, 0.25) is 0 Å². The van der Waals surface area contributed by atoms with Crippen LogP contribution in [0.2, 0.25) is 0 Å². The molecule has 18 heavy (non-hydrogen) atoms. The average Bonchev–Trinajstić information content (AvgIpc) is 2.22. The van der Waals surface area contributed by atoms with E-state index in [1.54, 1.807) is 0 Å². The van der Waals surface area contributed by atoms with Crippen LogP contribution in [0.4, 0.5) is 0 Å². The standard InChI is InChI=1S/C7H8.C4H8O2.CH2O.H3N.2H2O/c1-7-5-3-2-4-6-7;1-2-3-4(5)6;1-2;;;/h2-6H,1H3;2-3H2,1H3,(H,5,6);1H2;1H3;2*1H2. The molecule has 0 saturated carbocycles. The zero-order valence-electron chi connectivity index (χ0n) is 11.0. The summed E-state index contributed by atoms with van der Waals surface area (Å²) in [7, 11) is 0. The van der Waals surface area contributed by atoms with Gasteiger partial charge in [0.05, 0.1) is 0 Å². The maximum atomic E-state index is 9.60. The Balaban J connectivity index is -0.0000000483. The monoisotopic (exact) mass is 263 g/mol. The van der Waals surface area contributed by atoms with Gasteiger partial charge in [-0.1, -0.05) is 42.8 Å². The van der Waals surface area contributed by atoms with Crippen molar-refractivity contribution >= 4 is 12.8 Å². The van der Waals surface area contributed by atoms with Crippen molar-refractivity contribution in [3.63, 3.8) is 0 Å². The molecular formula is C12H25NO5. The molecular weight excluding hydrogens is 238 g/mol. The molecule has 1 aromatic rings. The molecule has 0 saturated heterocycles. The summed E-state index contributed by atoms with van der Waals surface area (Å²) in [5.74, 6) is -0.711. The number of rotatable bonds is 2. The van der Waals surface area contributed by atoms with Crippen molar-refractivity contribution in [1.29, 1.82) is 0 Å². The lowest BCUT2D eigenvalue weighted by atomic mass is 10.2. The smallest absolute Gasteiger partial charge is 0.303 e. The number of benzene rings is 1. The van der Waals surface area contributed by atoms with Crippen molar-refractivity contribution in [2.45, 2.75) is 26.7 Å². The molecule has 0 radical (unpaired) electrons. The number of hydrogen-bond donors (Lipinski definition) is 2. The zero-order valence-corrected chi connectivity index (χ0v) is 11.0. The van der Waals surface area contributed by atoms with Crippen LogP contribution in [-0.2, 0) is 9.59 Å². The molecule has 0 spiro atoms. The van der Waals surface area contributed by atoms with Crippen molar-refractivity contribution in [2.24, 2.45) is 0 Å². The summed E-state index contributed by atoms with van der Waals surface area (Å²) >= 11 is 0. The molecule has 1 rings (SSSR count). The van der Waals surface area contributed by atoms with Crippen LogP contribution in [0.5, 0.6) is 0 Å². The molecule has 6 nitrogen and oxygen atoms in total. The fourth-order valence-electron chi connectivity index (χ4n) is 0.748. The quantitative estimate of drug-likeness (QED) is 0.822. The maximum absolute atomic E-state index is 9.60. The first-order valence-electron chi connectivity index (χ1n) is 4.69. The zero-order chi connectivity index (χ0) is 12.1. The van der Waals surface area contributed by atoms with Crippen LogP contribution in [0.25, 0.3) is 0 Å². The predicted molar refractivity (Wildman–Crippen MR) is 73.1 cm³/mol. The van der Waals surface area contributed by atoms with E-state index in [1.165, 1.54) is 5.56 Å². The number of carboxylic acid groups (broad SMARTS) is 1. The van der Waals surface area contributed by atoms with Gasteiger partial charge in [-0.05, 0) is 13.3 Å². The van der Waals surface area contributed by atoms with Gasteiger partial charge in [-0.15, -0.1) is 0 Å². The highest BCUT2D eigenvalue weighted by Crippen LogP contribution is 1.92. The third-order valence-corrected chi connectivity index (χ3v) is 1.40. The minimum atomic E-state index is -0.711. The Morgan fingerprint density at radius 1 is 1.17 bits per heavy atom. The molecule has 0 fully saturated rings. The van der Waals surface area contributed by atoms with Crippen LogP contribution in [0, 0.1) is 6.92 Å². The Morgan fingerprint density at radius 2 is 1.56 bits per heavy atom. The average molecular weight is 263 g/mol. The van der Waals surface area contributed by atoms with E-state index in [2.05, 4.69) is 19.1 Å². The summed E-state index contributed by atoms with van der Waals surface area (Å²) in [6.45, 7) is 5.92. The highest BCUT2D eigenvalue weighted by molar-refractivity contribution is 5.66. The molecule has 6 heteroatoms. The Labute approximate surface area is 108 Å². The van der Waals surface area contributed by atoms with Gasteiger partial charge in [-0.3, -0.25) is 4.79 Å². The number of aryl methyl sites for hydroxylation is 1. The first kappa shape index (κ1) is 29.9. The van der Waals surface area contributed by atoms with Gasteiger partial charge in [0.1, 0.15) is 6.79 Å². The normalized spacial score (nSPS) is 6.33. The highest BCUT2D eigenvalue weighted by Gasteiger charge is 1.87. The minimum absolute atomic E-state index is 0. The molecule has 0 aromatic heterocycles. The fourth-order valence-corrected chi connectivity index (χ4v) is 0.748. The summed E-state index contributed by atoms with van der Waals surface area (Å²) in [6.07, 6.45) is 1.02. The molecule has 0 aliphatic rings. The number of hydrogen-bond acceptors (Lipinski definition) is 3. The van der Waals surface area contributed by atoms with E-state index in [0.717, 1.165) is 6.42 Å². The van der Waals surface area contributed by atoms with Gasteiger partial charge in [0, 0.05) is 6.42 Å². The summed E-state index contributed by atoms with van der Waals surface area (Å²) in [6, 6.07) is 10.3. The van der Waals surface area contributed by atoms with Crippen LogP contribution in [0.15, 0.2) is 30.3 Å². The lowest BCUT2D eigenvalue weighted by Gasteiger charge is -1.82. The SMILES string of the molecule is C=O.CCCC(=O)O.Cc1ccccc1.N.O.O. The lowest BCUT2D eigenvalue weighted by Crippen LogP contribution is -1.90. The van der Waals surface area contributed by atoms with E-state index >= 15 is 0 Å². The van der Waals surface area contributed by atoms with E-state index in [4.69, 9.17) is 9.90 Å². The Morgan fingerprint density at radius 3 is 1.67 bits per heavy atom. The fraction of sp³-hybridized carbons (Fsp3) is 0.333. The predicted octanol–water partition coefficient (Wildman–Crippen LogP) is 1.19. The van der Waals surface area contributed by atoms with Crippen LogP contribution >= 0.6 is 0 Å². The topological polar surface area (TPSA) is 152 Å². The van der Waals surface area contributed by atoms with Crippen LogP contribution in [-0.4, -0.2) is 28.8 Å². The second-order valence-electron chi connectivity index (χ2n) is 2.80. The van der Waals surface area contributed by atoms with E-state index < -0.39 is 5.97 Å². The van der Waals surface area contributed by atoms with Crippen molar-refractivity contribution in [2.75, 3.05) is 0 Å². The highest BCUT2D eigenvalue weighted by atomic mass is 16.4. The summed E-state index contributed by atoms with van der Waals surface area (Å²) < 4.78 is 0. The Kier molecular flexibility index (Phi) is 40.6. The third-order valence-electron chi connectivity index (χ3n) is 1.40. The Hall–Kier alpha value is -1.76. The first-order chi connectivity index (χ1) is 7.16.